The molecular weight excluding hydrogens is 463 g/mol. The summed E-state index contributed by atoms with van der Waals surface area (Å²) in [4.78, 5) is 13.5. The fourth-order valence-corrected chi connectivity index (χ4v) is 3.73. The Hall–Kier alpha value is -2.56. The van der Waals surface area contributed by atoms with Crippen molar-refractivity contribution in [2.45, 2.75) is 24.3 Å². The highest BCUT2D eigenvalue weighted by Gasteiger charge is 2.30. The van der Waals surface area contributed by atoms with Gasteiger partial charge in [-0.25, -0.2) is 0 Å². The molecule has 32 heavy (non-hydrogen) atoms. The molecule has 2 aromatic carbocycles. The van der Waals surface area contributed by atoms with E-state index in [0.29, 0.717) is 16.0 Å². The van der Waals surface area contributed by atoms with Crippen LogP contribution in [0.4, 0.5) is 18.9 Å². The molecule has 3 rings (SSSR count). The second-order valence-electron chi connectivity index (χ2n) is 7.37. The first-order valence-electron chi connectivity index (χ1n) is 9.67. The number of benzene rings is 2. The molecule has 11 heteroatoms. The van der Waals surface area contributed by atoms with Gasteiger partial charge in [0.2, 0.25) is 5.91 Å². The maximum atomic E-state index is 12.9. The van der Waals surface area contributed by atoms with E-state index < -0.39 is 17.6 Å². The zero-order valence-corrected chi connectivity index (χ0v) is 19.1. The summed E-state index contributed by atoms with van der Waals surface area (Å²) < 4.78 is 40.5. The zero-order valence-electron chi connectivity index (χ0n) is 17.6. The number of amides is 1. The molecule has 0 aliphatic carbocycles. The average molecular weight is 485 g/mol. The van der Waals surface area contributed by atoms with Gasteiger partial charge in [0.1, 0.15) is 6.04 Å². The van der Waals surface area contributed by atoms with E-state index >= 15 is 0 Å². The summed E-state index contributed by atoms with van der Waals surface area (Å²) in [7, 11) is 4.00. The minimum Gasteiger partial charge on any atom is -0.331 e. The minimum atomic E-state index is -4.48. The Kier molecular flexibility index (Phi) is 7.47. The predicted molar refractivity (Wildman–Crippen MR) is 118 cm³/mol. The van der Waals surface area contributed by atoms with Crippen LogP contribution in [0, 0.1) is 0 Å². The molecule has 1 amide bonds. The number of aromatic nitrogens is 3. The van der Waals surface area contributed by atoms with E-state index in [1.807, 2.05) is 37.7 Å². The van der Waals surface area contributed by atoms with Gasteiger partial charge in [0.25, 0.3) is 0 Å². The summed E-state index contributed by atoms with van der Waals surface area (Å²) in [5.74, 6) is 0.214. The lowest BCUT2D eigenvalue weighted by atomic mass is 10.2. The van der Waals surface area contributed by atoms with Crippen LogP contribution in [-0.2, 0) is 11.0 Å². The normalized spacial score (nSPS) is 12.8. The number of nitrogens with one attached hydrogen (secondary N) is 2. The molecule has 0 radical (unpaired) electrons. The standard InChI is InChI=1S/C21H21ClF3N5OS/c1-13(29(2)3)19-27-28-20(30(19)17-9-7-15(22)8-10-17)32-12-18(31)26-16-6-4-5-14(11-16)21(23,24)25/h4-11,13H,12H2,1-3H3,(H,26,31)/p+1/t13-/m1/s1. The van der Waals surface area contributed by atoms with E-state index in [1.165, 1.54) is 12.1 Å². The highest BCUT2D eigenvalue weighted by atomic mass is 35.5. The van der Waals surface area contributed by atoms with E-state index in [1.54, 1.807) is 12.1 Å². The summed E-state index contributed by atoms with van der Waals surface area (Å²) in [6, 6.07) is 11.7. The molecule has 6 nitrogen and oxygen atoms in total. The number of hydrogen-bond donors (Lipinski definition) is 2. The third kappa shape index (κ3) is 5.81. The third-order valence-electron chi connectivity index (χ3n) is 4.80. The van der Waals surface area contributed by atoms with Gasteiger partial charge in [0, 0.05) is 16.4 Å². The number of halogens is 4. The van der Waals surface area contributed by atoms with E-state index in [9.17, 15) is 18.0 Å². The SMILES string of the molecule is C[C@H](c1nnc(SCC(=O)Nc2cccc(C(F)(F)F)c2)n1-c1ccc(Cl)cc1)[NH+](C)C. The molecule has 170 valence electrons. The number of alkyl halides is 3. The summed E-state index contributed by atoms with van der Waals surface area (Å²) in [6.45, 7) is 2.01. The molecule has 0 fully saturated rings. The molecule has 3 aromatic rings. The molecule has 0 bridgehead atoms. The van der Waals surface area contributed by atoms with Crippen molar-refractivity contribution in [3.63, 3.8) is 0 Å². The van der Waals surface area contributed by atoms with Crippen molar-refractivity contribution in [3.8, 4) is 5.69 Å². The maximum Gasteiger partial charge on any atom is 0.416 e. The van der Waals surface area contributed by atoms with Crippen molar-refractivity contribution in [2.24, 2.45) is 0 Å². The van der Waals surface area contributed by atoms with Crippen molar-refractivity contribution in [1.82, 2.24) is 14.8 Å². The van der Waals surface area contributed by atoms with Crippen molar-refractivity contribution in [3.05, 3.63) is 64.9 Å². The molecule has 0 spiro atoms. The fraction of sp³-hybridized carbons (Fsp3) is 0.286. The lowest BCUT2D eigenvalue weighted by Crippen LogP contribution is -3.05. The van der Waals surface area contributed by atoms with E-state index in [2.05, 4.69) is 15.5 Å². The molecule has 0 unspecified atom stereocenters. The van der Waals surface area contributed by atoms with E-state index in [4.69, 9.17) is 11.6 Å². The first-order chi connectivity index (χ1) is 15.1. The van der Waals surface area contributed by atoms with Gasteiger partial charge in [-0.3, -0.25) is 9.36 Å². The van der Waals surface area contributed by atoms with Crippen LogP contribution in [0.15, 0.2) is 53.7 Å². The van der Waals surface area contributed by atoms with E-state index in [-0.39, 0.29) is 17.5 Å². The number of hydrogen-bond acceptors (Lipinski definition) is 4. The predicted octanol–water partition coefficient (Wildman–Crippen LogP) is 3.88. The maximum absolute atomic E-state index is 12.9. The van der Waals surface area contributed by atoms with E-state index in [0.717, 1.165) is 34.5 Å². The summed E-state index contributed by atoms with van der Waals surface area (Å²) in [5, 5.41) is 12.1. The number of anilines is 1. The number of carbonyl (C=O) groups is 1. The van der Waals surface area contributed by atoms with Crippen molar-refractivity contribution >= 4 is 35.0 Å². The van der Waals surface area contributed by atoms with Crippen LogP contribution in [0.1, 0.15) is 24.4 Å². The summed E-state index contributed by atoms with van der Waals surface area (Å²) in [5.41, 5.74) is 0.0497. The first-order valence-corrected chi connectivity index (χ1v) is 11.0. The molecular formula is C21H22ClF3N5OS+. The zero-order chi connectivity index (χ0) is 23.5. The average Bonchev–Trinajstić information content (AvgIpc) is 3.15. The topological polar surface area (TPSA) is 64.2 Å². The van der Waals surface area contributed by atoms with Crippen LogP contribution in [0.2, 0.25) is 5.02 Å². The van der Waals surface area contributed by atoms with Gasteiger partial charge in [0.15, 0.2) is 11.0 Å². The largest absolute Gasteiger partial charge is 0.416 e. The Labute approximate surface area is 192 Å². The lowest BCUT2D eigenvalue weighted by Gasteiger charge is -2.18. The second kappa shape index (κ2) is 9.93. The fourth-order valence-electron chi connectivity index (χ4n) is 2.85. The second-order valence-corrected chi connectivity index (χ2v) is 8.75. The molecule has 1 heterocycles. The number of rotatable bonds is 7. The summed E-state index contributed by atoms with van der Waals surface area (Å²) in [6.07, 6.45) is -4.48. The van der Waals surface area contributed by atoms with Crippen LogP contribution in [0.5, 0.6) is 0 Å². The Balaban J connectivity index is 1.79. The van der Waals surface area contributed by atoms with Crippen LogP contribution in [0.25, 0.3) is 5.69 Å². The van der Waals surface area contributed by atoms with Gasteiger partial charge in [-0.1, -0.05) is 29.4 Å². The minimum absolute atomic E-state index is 0.0199. The third-order valence-corrected chi connectivity index (χ3v) is 5.98. The molecule has 1 aromatic heterocycles. The number of carbonyl (C=O) groups excluding carboxylic acids is 1. The van der Waals surface area contributed by atoms with Crippen LogP contribution < -0.4 is 10.2 Å². The Morgan fingerprint density at radius 3 is 2.50 bits per heavy atom. The highest BCUT2D eigenvalue weighted by Crippen LogP contribution is 2.31. The number of nitrogens with zero attached hydrogens (tertiary/aromatic N) is 3. The Bertz CT molecular complexity index is 1090. The monoisotopic (exact) mass is 484 g/mol. The van der Waals surface area contributed by atoms with Crippen molar-refractivity contribution < 1.29 is 22.9 Å². The molecule has 1 atom stereocenters. The van der Waals surface area contributed by atoms with Gasteiger partial charge in [0.05, 0.1) is 25.4 Å². The smallest absolute Gasteiger partial charge is 0.331 e. The van der Waals surface area contributed by atoms with Crippen LogP contribution in [0.3, 0.4) is 0 Å². The van der Waals surface area contributed by atoms with Gasteiger partial charge < -0.3 is 10.2 Å². The van der Waals surface area contributed by atoms with Crippen LogP contribution in [-0.4, -0.2) is 40.5 Å². The van der Waals surface area contributed by atoms with Crippen LogP contribution >= 0.6 is 23.4 Å². The number of thioether (sulfide) groups is 1. The van der Waals surface area contributed by atoms with Gasteiger partial charge in [-0.15, -0.1) is 10.2 Å². The van der Waals surface area contributed by atoms with Crippen molar-refractivity contribution in [2.75, 3.05) is 25.2 Å². The Morgan fingerprint density at radius 2 is 1.88 bits per heavy atom. The van der Waals surface area contributed by atoms with Crippen molar-refractivity contribution in [1.29, 1.82) is 0 Å². The quantitative estimate of drug-likeness (QED) is 0.500. The highest BCUT2D eigenvalue weighted by molar-refractivity contribution is 7.99. The molecule has 2 N–H and O–H groups in total. The first kappa shape index (κ1) is 24.1. The lowest BCUT2D eigenvalue weighted by molar-refractivity contribution is -0.890. The molecule has 0 saturated carbocycles. The van der Waals surface area contributed by atoms with Gasteiger partial charge in [-0.05, 0) is 49.4 Å². The Morgan fingerprint density at radius 1 is 1.19 bits per heavy atom. The number of quaternary nitrogens is 1. The molecule has 0 aliphatic rings. The summed E-state index contributed by atoms with van der Waals surface area (Å²) >= 11 is 7.16. The van der Waals surface area contributed by atoms with Gasteiger partial charge in [-0.2, -0.15) is 13.2 Å². The molecule has 0 aliphatic heterocycles. The molecule has 0 saturated heterocycles. The van der Waals surface area contributed by atoms with Gasteiger partial charge >= 0.3 is 6.18 Å².